The van der Waals surface area contributed by atoms with E-state index < -0.39 is 17.9 Å². The van der Waals surface area contributed by atoms with Crippen LogP contribution in [0.3, 0.4) is 0 Å². The van der Waals surface area contributed by atoms with Gasteiger partial charge in [-0.15, -0.1) is 0 Å². The van der Waals surface area contributed by atoms with Crippen molar-refractivity contribution in [2.24, 2.45) is 0 Å². The van der Waals surface area contributed by atoms with Crippen molar-refractivity contribution in [3.05, 3.63) is 12.2 Å². The minimum atomic E-state index is -0.938. The lowest BCUT2D eigenvalue weighted by Crippen LogP contribution is -2.52. The number of hydrogen-bond acceptors (Lipinski definition) is 3. The summed E-state index contributed by atoms with van der Waals surface area (Å²) >= 11 is 0. The van der Waals surface area contributed by atoms with E-state index in [-0.39, 0.29) is 43.4 Å². The zero-order valence-corrected chi connectivity index (χ0v) is 20.1. The van der Waals surface area contributed by atoms with E-state index in [9.17, 15) is 14.4 Å². The third-order valence-corrected chi connectivity index (χ3v) is 6.04. The molecule has 0 bridgehead atoms. The van der Waals surface area contributed by atoms with Crippen LogP contribution in [0.25, 0.3) is 0 Å². The molecule has 0 aliphatic heterocycles. The number of carboxylic acids is 3. The molecule has 0 aromatic carbocycles. The molecule has 0 aromatic heterocycles. The largest absolute Gasteiger partial charge is 0.481 e. The maximum atomic E-state index is 11.1. The number of hydrogen-bond donors (Lipinski definition) is 3. The summed E-state index contributed by atoms with van der Waals surface area (Å²) in [6, 6.07) is 0. The van der Waals surface area contributed by atoms with Gasteiger partial charge in [0.15, 0.2) is 0 Å². The number of carbonyl (C=O) groups is 3. The van der Waals surface area contributed by atoms with Crippen LogP contribution in [0.5, 0.6) is 0 Å². The molecule has 0 fully saturated rings. The Kier molecular flexibility index (Phi) is 18.6. The lowest BCUT2D eigenvalue weighted by atomic mass is 10.1. The molecule has 0 spiro atoms. The Labute approximate surface area is 194 Å². The summed E-state index contributed by atoms with van der Waals surface area (Å²) in [6.45, 7) is 3.69. The maximum Gasteiger partial charge on any atom is 0.309 e. The van der Waals surface area contributed by atoms with Crippen molar-refractivity contribution in [2.45, 2.75) is 103 Å². The summed E-state index contributed by atoms with van der Waals surface area (Å²) in [5.74, 6) is -2.81. The summed E-state index contributed by atoms with van der Waals surface area (Å²) in [5.41, 5.74) is 0. The highest BCUT2D eigenvalue weighted by Gasteiger charge is 2.29. The highest BCUT2D eigenvalue weighted by molar-refractivity contribution is 5.67. The number of quaternary nitrogens is 1. The third-order valence-electron chi connectivity index (χ3n) is 6.04. The molecule has 0 saturated heterocycles. The van der Waals surface area contributed by atoms with Gasteiger partial charge in [0.1, 0.15) is 0 Å². The first-order chi connectivity index (χ1) is 15.3. The van der Waals surface area contributed by atoms with Gasteiger partial charge in [-0.2, -0.15) is 0 Å². The molecule has 0 aromatic rings. The van der Waals surface area contributed by atoms with Crippen molar-refractivity contribution in [3.63, 3.8) is 0 Å². The standard InChI is InChI=1S/C25H45NO6/c1-2-3-4-5-6-7-8-9-10-11-12-13-14-15-19-26(20-16-23(27)28,21-17-24(29)30)22-18-25(31)32/h8-9H,2-7,10-22H2,1H3,(H2-,27,28,29,30,31,32)/p+1/b9-8+. The Morgan fingerprint density at radius 1 is 0.562 bits per heavy atom. The number of unbranched alkanes of at least 4 members (excludes halogenated alkanes) is 10. The van der Waals surface area contributed by atoms with E-state index in [1.54, 1.807) is 0 Å². The fourth-order valence-electron chi connectivity index (χ4n) is 4.01. The molecule has 3 N–H and O–H groups in total. The quantitative estimate of drug-likeness (QED) is 0.107. The van der Waals surface area contributed by atoms with Gasteiger partial charge in [-0.25, -0.2) is 0 Å². The molecule has 0 amide bonds. The number of nitrogens with zero attached hydrogens (tertiary/aromatic N) is 1. The van der Waals surface area contributed by atoms with Crippen LogP contribution in [-0.2, 0) is 14.4 Å². The van der Waals surface area contributed by atoms with Crippen LogP contribution in [0.15, 0.2) is 12.2 Å². The van der Waals surface area contributed by atoms with Crippen LogP contribution in [0.2, 0.25) is 0 Å². The first-order valence-electron chi connectivity index (χ1n) is 12.5. The van der Waals surface area contributed by atoms with E-state index in [2.05, 4.69) is 19.1 Å². The van der Waals surface area contributed by atoms with Gasteiger partial charge >= 0.3 is 17.9 Å². The molecule has 0 unspecified atom stereocenters. The van der Waals surface area contributed by atoms with Gasteiger partial charge in [0, 0.05) is 0 Å². The second-order valence-electron chi connectivity index (χ2n) is 8.90. The molecule has 0 atom stereocenters. The van der Waals surface area contributed by atoms with E-state index in [4.69, 9.17) is 15.3 Å². The van der Waals surface area contributed by atoms with E-state index in [1.165, 1.54) is 38.5 Å². The van der Waals surface area contributed by atoms with Crippen molar-refractivity contribution in [1.82, 2.24) is 0 Å². The van der Waals surface area contributed by atoms with Crippen LogP contribution in [0.1, 0.15) is 103 Å². The average molecular weight is 457 g/mol. The van der Waals surface area contributed by atoms with Crippen LogP contribution in [0, 0.1) is 0 Å². The second-order valence-corrected chi connectivity index (χ2v) is 8.90. The number of aliphatic carboxylic acids is 3. The predicted octanol–water partition coefficient (Wildman–Crippen LogP) is 5.48. The van der Waals surface area contributed by atoms with Gasteiger partial charge in [0.25, 0.3) is 0 Å². The van der Waals surface area contributed by atoms with E-state index in [1.807, 2.05) is 0 Å². The smallest absolute Gasteiger partial charge is 0.309 e. The molecular weight excluding hydrogens is 410 g/mol. The topological polar surface area (TPSA) is 112 Å². The zero-order valence-electron chi connectivity index (χ0n) is 20.1. The zero-order chi connectivity index (χ0) is 24.1. The summed E-state index contributed by atoms with van der Waals surface area (Å²) in [6.07, 6.45) is 18.4. The van der Waals surface area contributed by atoms with Crippen molar-refractivity contribution < 1.29 is 34.2 Å². The molecule has 0 aliphatic rings. The Balaban J connectivity index is 4.25. The number of rotatable bonds is 23. The van der Waals surface area contributed by atoms with Crippen LogP contribution in [-0.4, -0.2) is 63.9 Å². The van der Waals surface area contributed by atoms with Crippen molar-refractivity contribution in [1.29, 1.82) is 0 Å². The highest BCUT2D eigenvalue weighted by atomic mass is 16.4. The van der Waals surface area contributed by atoms with Crippen LogP contribution >= 0.6 is 0 Å². The fourth-order valence-corrected chi connectivity index (χ4v) is 4.01. The van der Waals surface area contributed by atoms with Crippen LogP contribution in [0.4, 0.5) is 0 Å². The normalized spacial score (nSPS) is 11.8. The molecule has 186 valence electrons. The number of allylic oxidation sites excluding steroid dienone is 2. The summed E-state index contributed by atoms with van der Waals surface area (Å²) < 4.78 is 0.256. The first kappa shape index (κ1) is 30.1. The maximum absolute atomic E-state index is 11.1. The minimum Gasteiger partial charge on any atom is -0.481 e. The molecular formula is C25H46NO6+. The molecule has 0 aliphatic carbocycles. The lowest BCUT2D eigenvalue weighted by molar-refractivity contribution is -0.927. The Morgan fingerprint density at radius 3 is 1.34 bits per heavy atom. The van der Waals surface area contributed by atoms with Gasteiger partial charge in [-0.1, -0.05) is 57.6 Å². The minimum absolute atomic E-state index is 0.0792. The van der Waals surface area contributed by atoms with Gasteiger partial charge in [0.05, 0.1) is 45.4 Å². The summed E-state index contributed by atoms with van der Waals surface area (Å²) in [4.78, 5) is 33.2. The molecule has 0 rings (SSSR count). The summed E-state index contributed by atoms with van der Waals surface area (Å²) in [5, 5.41) is 27.2. The molecule has 0 heterocycles. The lowest BCUT2D eigenvalue weighted by Gasteiger charge is -2.38. The van der Waals surface area contributed by atoms with Crippen molar-refractivity contribution in [3.8, 4) is 0 Å². The molecule has 0 radical (unpaired) electrons. The summed E-state index contributed by atoms with van der Waals surface area (Å²) in [7, 11) is 0. The molecule has 32 heavy (non-hydrogen) atoms. The molecule has 7 heteroatoms. The van der Waals surface area contributed by atoms with E-state index in [0.29, 0.717) is 6.54 Å². The Morgan fingerprint density at radius 2 is 0.938 bits per heavy atom. The third kappa shape index (κ3) is 18.8. The van der Waals surface area contributed by atoms with Crippen molar-refractivity contribution >= 4 is 17.9 Å². The average Bonchev–Trinajstić information content (AvgIpc) is 2.74. The van der Waals surface area contributed by atoms with Crippen LogP contribution < -0.4 is 0 Å². The van der Waals surface area contributed by atoms with Crippen molar-refractivity contribution in [2.75, 3.05) is 26.2 Å². The van der Waals surface area contributed by atoms with E-state index >= 15 is 0 Å². The van der Waals surface area contributed by atoms with E-state index in [0.717, 1.165) is 38.5 Å². The fraction of sp³-hybridized carbons (Fsp3) is 0.800. The molecule has 7 nitrogen and oxygen atoms in total. The second kappa shape index (κ2) is 19.8. The van der Waals surface area contributed by atoms with Gasteiger partial charge in [-0.05, 0) is 38.5 Å². The number of carboxylic acid groups (broad SMARTS) is 3. The van der Waals surface area contributed by atoms with Gasteiger partial charge < -0.3 is 19.8 Å². The van der Waals surface area contributed by atoms with Gasteiger partial charge in [-0.3, -0.25) is 14.4 Å². The monoisotopic (exact) mass is 456 g/mol. The Hall–Kier alpha value is -1.89. The first-order valence-corrected chi connectivity index (χ1v) is 12.5. The Bertz CT molecular complexity index is 501. The highest BCUT2D eigenvalue weighted by Crippen LogP contribution is 2.16. The SMILES string of the molecule is CCCCCCC/C=C/CCCCCCC[N+](CCC(=O)O)(CCC(=O)O)CCC(=O)O. The van der Waals surface area contributed by atoms with Gasteiger partial charge in [0.2, 0.25) is 0 Å². The predicted molar refractivity (Wildman–Crippen MR) is 127 cm³/mol. The molecule has 0 saturated carbocycles.